The van der Waals surface area contributed by atoms with Gasteiger partial charge in [-0.2, -0.15) is 0 Å². The van der Waals surface area contributed by atoms with Crippen LogP contribution in [-0.2, 0) is 0 Å². The average Bonchev–Trinajstić information content (AvgIpc) is 2.98. The fraction of sp³-hybridized carbons (Fsp3) is 0. The molecular formula is C29H19N7. The maximum absolute atomic E-state index is 4.87. The highest BCUT2D eigenvalue weighted by atomic mass is 15.0. The van der Waals surface area contributed by atoms with Gasteiger partial charge < -0.3 is 0 Å². The molecule has 0 saturated carbocycles. The lowest BCUT2D eigenvalue weighted by molar-refractivity contribution is 1.07. The Hall–Kier alpha value is -5.17. The minimum absolute atomic E-state index is 0.540. The molecule has 6 rings (SSSR count). The molecule has 0 saturated heterocycles. The Morgan fingerprint density at radius 2 is 0.639 bits per heavy atom. The third-order valence-corrected chi connectivity index (χ3v) is 5.54. The SMILES string of the molecule is c1ccc(-c2nc(-c3ccccc3)nc(-c3cc(-c4ncccn4)cc(-c4ncccn4)c3)n2)cc1. The molecule has 0 spiro atoms. The maximum Gasteiger partial charge on any atom is 0.164 e. The minimum Gasteiger partial charge on any atom is -0.237 e. The lowest BCUT2D eigenvalue weighted by atomic mass is 10.0. The van der Waals surface area contributed by atoms with E-state index in [2.05, 4.69) is 19.9 Å². The number of benzene rings is 3. The van der Waals surface area contributed by atoms with E-state index in [1.807, 2.05) is 78.9 Å². The average molecular weight is 466 g/mol. The van der Waals surface area contributed by atoms with Crippen LogP contribution in [0, 0.1) is 0 Å². The lowest BCUT2D eigenvalue weighted by Gasteiger charge is -2.11. The van der Waals surface area contributed by atoms with Crippen molar-refractivity contribution < 1.29 is 0 Å². The van der Waals surface area contributed by atoms with Crippen molar-refractivity contribution in [1.82, 2.24) is 34.9 Å². The molecule has 36 heavy (non-hydrogen) atoms. The third kappa shape index (κ3) is 4.45. The van der Waals surface area contributed by atoms with E-state index in [9.17, 15) is 0 Å². The highest BCUT2D eigenvalue weighted by molar-refractivity contribution is 5.76. The van der Waals surface area contributed by atoms with Crippen molar-refractivity contribution in [2.24, 2.45) is 0 Å². The predicted octanol–water partition coefficient (Wildman–Crippen LogP) is 5.79. The first-order valence-corrected chi connectivity index (χ1v) is 11.4. The van der Waals surface area contributed by atoms with E-state index in [0.717, 1.165) is 27.8 Å². The Morgan fingerprint density at radius 3 is 1.03 bits per heavy atom. The highest BCUT2D eigenvalue weighted by Crippen LogP contribution is 2.30. The molecule has 0 unspecified atom stereocenters. The van der Waals surface area contributed by atoms with Crippen molar-refractivity contribution in [3.05, 3.63) is 116 Å². The fourth-order valence-corrected chi connectivity index (χ4v) is 3.85. The summed E-state index contributed by atoms with van der Waals surface area (Å²) >= 11 is 0. The van der Waals surface area contributed by atoms with Gasteiger partial charge in [0.25, 0.3) is 0 Å². The molecule has 0 amide bonds. The zero-order chi connectivity index (χ0) is 24.2. The Balaban J connectivity index is 1.58. The van der Waals surface area contributed by atoms with Crippen LogP contribution in [0.15, 0.2) is 116 Å². The Morgan fingerprint density at radius 1 is 0.306 bits per heavy atom. The number of rotatable bonds is 5. The summed E-state index contributed by atoms with van der Waals surface area (Å²) in [6.07, 6.45) is 6.88. The fourth-order valence-electron chi connectivity index (χ4n) is 3.85. The summed E-state index contributed by atoms with van der Waals surface area (Å²) in [5.41, 5.74) is 4.25. The van der Waals surface area contributed by atoms with Crippen LogP contribution in [0.1, 0.15) is 0 Å². The molecule has 6 aromatic rings. The molecule has 7 heteroatoms. The molecule has 0 aliphatic rings. The smallest absolute Gasteiger partial charge is 0.164 e. The van der Waals surface area contributed by atoms with Gasteiger partial charge in [0.15, 0.2) is 29.1 Å². The van der Waals surface area contributed by atoms with Crippen molar-refractivity contribution in [2.45, 2.75) is 0 Å². The summed E-state index contributed by atoms with van der Waals surface area (Å²) < 4.78 is 0. The van der Waals surface area contributed by atoms with E-state index >= 15 is 0 Å². The Labute approximate surface area is 207 Å². The van der Waals surface area contributed by atoms with E-state index in [4.69, 9.17) is 15.0 Å². The molecular weight excluding hydrogens is 446 g/mol. The van der Waals surface area contributed by atoms with Gasteiger partial charge in [0.05, 0.1) is 0 Å². The van der Waals surface area contributed by atoms with Crippen molar-refractivity contribution in [3.8, 4) is 56.9 Å². The molecule has 3 aromatic heterocycles. The first kappa shape index (κ1) is 21.4. The Bertz CT molecular complexity index is 1370. The van der Waals surface area contributed by atoms with Crippen LogP contribution in [0.25, 0.3) is 56.9 Å². The highest BCUT2D eigenvalue weighted by Gasteiger charge is 2.15. The zero-order valence-corrected chi connectivity index (χ0v) is 19.1. The first-order chi connectivity index (χ1) is 17.8. The summed E-state index contributed by atoms with van der Waals surface area (Å²) in [6, 6.07) is 29.3. The Kier molecular flexibility index (Phi) is 5.70. The second-order valence-electron chi connectivity index (χ2n) is 7.98. The maximum atomic E-state index is 4.87. The van der Waals surface area contributed by atoms with E-state index in [1.54, 1.807) is 36.9 Å². The quantitative estimate of drug-likeness (QED) is 0.318. The molecule has 0 radical (unpaired) electrons. The lowest BCUT2D eigenvalue weighted by Crippen LogP contribution is -2.01. The van der Waals surface area contributed by atoms with Gasteiger partial charge in [-0.25, -0.2) is 34.9 Å². The van der Waals surface area contributed by atoms with Crippen LogP contribution in [0.3, 0.4) is 0 Å². The van der Waals surface area contributed by atoms with Gasteiger partial charge >= 0.3 is 0 Å². The predicted molar refractivity (Wildman–Crippen MR) is 138 cm³/mol. The molecule has 170 valence electrons. The summed E-state index contributed by atoms with van der Waals surface area (Å²) in [6.45, 7) is 0. The van der Waals surface area contributed by atoms with E-state index in [1.165, 1.54) is 0 Å². The topological polar surface area (TPSA) is 90.2 Å². The molecule has 0 aliphatic carbocycles. The second kappa shape index (κ2) is 9.60. The largest absolute Gasteiger partial charge is 0.237 e. The molecule has 0 fully saturated rings. The van der Waals surface area contributed by atoms with Crippen molar-refractivity contribution in [3.63, 3.8) is 0 Å². The summed E-state index contributed by atoms with van der Waals surface area (Å²) in [5.74, 6) is 2.92. The summed E-state index contributed by atoms with van der Waals surface area (Å²) in [5, 5.41) is 0. The van der Waals surface area contributed by atoms with Gasteiger partial charge in [0.1, 0.15) is 0 Å². The van der Waals surface area contributed by atoms with Crippen LogP contribution in [-0.4, -0.2) is 34.9 Å². The normalized spacial score (nSPS) is 10.8. The molecule has 0 N–H and O–H groups in total. The number of nitrogens with zero attached hydrogens (tertiary/aromatic N) is 7. The molecule has 0 bridgehead atoms. The summed E-state index contributed by atoms with van der Waals surface area (Å²) in [4.78, 5) is 32.3. The van der Waals surface area contributed by atoms with Crippen molar-refractivity contribution in [2.75, 3.05) is 0 Å². The third-order valence-electron chi connectivity index (χ3n) is 5.54. The molecule has 3 aromatic carbocycles. The van der Waals surface area contributed by atoms with Crippen LogP contribution < -0.4 is 0 Å². The second-order valence-corrected chi connectivity index (χ2v) is 7.98. The number of hydrogen-bond acceptors (Lipinski definition) is 7. The van der Waals surface area contributed by atoms with E-state index in [0.29, 0.717) is 29.1 Å². The van der Waals surface area contributed by atoms with Crippen LogP contribution in [0.5, 0.6) is 0 Å². The zero-order valence-electron chi connectivity index (χ0n) is 19.1. The first-order valence-electron chi connectivity index (χ1n) is 11.4. The van der Waals surface area contributed by atoms with Crippen LogP contribution >= 0.6 is 0 Å². The molecule has 3 heterocycles. The monoisotopic (exact) mass is 465 g/mol. The minimum atomic E-state index is 0.540. The van der Waals surface area contributed by atoms with Gasteiger partial charge in [-0.15, -0.1) is 0 Å². The molecule has 7 nitrogen and oxygen atoms in total. The summed E-state index contributed by atoms with van der Waals surface area (Å²) in [7, 11) is 0. The number of aromatic nitrogens is 7. The van der Waals surface area contributed by atoms with Gasteiger partial charge in [-0.1, -0.05) is 60.7 Å². The van der Waals surface area contributed by atoms with E-state index in [-0.39, 0.29) is 0 Å². The van der Waals surface area contributed by atoms with Gasteiger partial charge in [-0.3, -0.25) is 0 Å². The van der Waals surface area contributed by atoms with Crippen molar-refractivity contribution in [1.29, 1.82) is 0 Å². The van der Waals surface area contributed by atoms with Crippen LogP contribution in [0.2, 0.25) is 0 Å². The van der Waals surface area contributed by atoms with Crippen molar-refractivity contribution >= 4 is 0 Å². The van der Waals surface area contributed by atoms with Gasteiger partial charge in [-0.05, 0) is 30.3 Å². The molecule has 0 aliphatic heterocycles. The standard InChI is InChI=1S/C29H19N7/c1-3-9-20(10-4-1)27-34-28(21-11-5-2-6-12-21)36-29(35-27)24-18-22(25-30-13-7-14-31-25)17-23(19-24)26-32-15-8-16-33-26/h1-19H. The van der Waals surface area contributed by atoms with E-state index < -0.39 is 0 Å². The van der Waals surface area contributed by atoms with Crippen LogP contribution in [0.4, 0.5) is 0 Å². The van der Waals surface area contributed by atoms with Gasteiger partial charge in [0.2, 0.25) is 0 Å². The van der Waals surface area contributed by atoms with Gasteiger partial charge in [0, 0.05) is 52.6 Å². The molecule has 0 atom stereocenters. The number of hydrogen-bond donors (Lipinski definition) is 0.